The van der Waals surface area contributed by atoms with E-state index in [1.54, 1.807) is 0 Å². The zero-order valence-corrected chi connectivity index (χ0v) is 12.7. The summed E-state index contributed by atoms with van der Waals surface area (Å²) in [6, 6.07) is 8.08. The van der Waals surface area contributed by atoms with Gasteiger partial charge in [0.25, 0.3) is 5.24 Å². The molecule has 0 bridgehead atoms. The lowest BCUT2D eigenvalue weighted by molar-refractivity contribution is -0.125. The molecule has 0 radical (unpaired) electrons. The first-order valence-corrected chi connectivity index (χ1v) is 7.84. The van der Waals surface area contributed by atoms with Gasteiger partial charge in [0.05, 0.1) is 5.75 Å². The number of thioether (sulfide) groups is 1. The highest BCUT2D eigenvalue weighted by atomic mass is 32.2. The summed E-state index contributed by atoms with van der Waals surface area (Å²) in [5, 5.41) is 2.51. The highest BCUT2D eigenvalue weighted by Crippen LogP contribution is 2.17. The second-order valence-electron chi connectivity index (χ2n) is 4.94. The van der Waals surface area contributed by atoms with Crippen LogP contribution < -0.4 is 5.32 Å². The third kappa shape index (κ3) is 4.60. The minimum atomic E-state index is -0.228. The predicted molar refractivity (Wildman–Crippen MR) is 82.1 cm³/mol. The van der Waals surface area contributed by atoms with E-state index in [-0.39, 0.29) is 29.4 Å². The van der Waals surface area contributed by atoms with Crippen LogP contribution in [0.2, 0.25) is 0 Å². The second kappa shape index (κ2) is 7.26. The van der Waals surface area contributed by atoms with Crippen LogP contribution in [0.1, 0.15) is 17.5 Å². The third-order valence-corrected chi connectivity index (χ3v) is 4.12. The number of amides is 3. The van der Waals surface area contributed by atoms with Gasteiger partial charge in [0.2, 0.25) is 11.8 Å². The Kier molecular flexibility index (Phi) is 5.38. The molecule has 21 heavy (non-hydrogen) atoms. The molecule has 5 nitrogen and oxygen atoms in total. The van der Waals surface area contributed by atoms with Gasteiger partial charge in [0.15, 0.2) is 0 Å². The lowest BCUT2D eigenvalue weighted by Gasteiger charge is -2.13. The summed E-state index contributed by atoms with van der Waals surface area (Å²) in [5.74, 6) is -0.0403. The Labute approximate surface area is 128 Å². The van der Waals surface area contributed by atoms with E-state index in [1.807, 2.05) is 31.2 Å². The van der Waals surface area contributed by atoms with E-state index in [2.05, 4.69) is 5.32 Å². The van der Waals surface area contributed by atoms with Gasteiger partial charge in [0.1, 0.15) is 0 Å². The standard InChI is InChI=1S/C15H18N2O3S/c1-11-2-4-12(5-3-11)6-7-13(18)16-8-9-17-14(19)10-21-15(17)20/h2-5H,6-10H2,1H3,(H,16,18). The van der Waals surface area contributed by atoms with E-state index in [4.69, 9.17) is 0 Å². The second-order valence-corrected chi connectivity index (χ2v) is 5.86. The van der Waals surface area contributed by atoms with Crippen molar-refractivity contribution >= 4 is 28.8 Å². The van der Waals surface area contributed by atoms with E-state index in [0.717, 1.165) is 17.3 Å². The SMILES string of the molecule is Cc1ccc(CCC(=O)NCCN2C(=O)CSC2=O)cc1. The van der Waals surface area contributed by atoms with Crippen molar-refractivity contribution in [3.63, 3.8) is 0 Å². The van der Waals surface area contributed by atoms with Gasteiger partial charge in [-0.05, 0) is 18.9 Å². The Morgan fingerprint density at radius 3 is 2.62 bits per heavy atom. The zero-order chi connectivity index (χ0) is 15.2. The number of imide groups is 1. The van der Waals surface area contributed by atoms with Crippen LogP contribution >= 0.6 is 11.8 Å². The summed E-state index contributed by atoms with van der Waals surface area (Å²) in [7, 11) is 0. The number of rotatable bonds is 6. The molecule has 3 amide bonds. The number of aryl methyl sites for hydroxylation is 2. The van der Waals surface area contributed by atoms with E-state index >= 15 is 0 Å². The van der Waals surface area contributed by atoms with Crippen LogP contribution in [0.5, 0.6) is 0 Å². The van der Waals surface area contributed by atoms with E-state index in [0.29, 0.717) is 19.4 Å². The van der Waals surface area contributed by atoms with Crippen molar-refractivity contribution in [2.75, 3.05) is 18.8 Å². The Morgan fingerprint density at radius 1 is 1.29 bits per heavy atom. The predicted octanol–water partition coefficient (Wildman–Crippen LogP) is 1.74. The maximum atomic E-state index is 11.7. The van der Waals surface area contributed by atoms with Crippen LogP contribution in [-0.2, 0) is 16.0 Å². The minimum Gasteiger partial charge on any atom is -0.354 e. The lowest BCUT2D eigenvalue weighted by Crippen LogP contribution is -2.37. The van der Waals surface area contributed by atoms with Gasteiger partial charge < -0.3 is 5.32 Å². The molecule has 2 rings (SSSR count). The van der Waals surface area contributed by atoms with E-state index in [9.17, 15) is 14.4 Å². The molecule has 112 valence electrons. The molecule has 0 aliphatic carbocycles. The van der Waals surface area contributed by atoms with E-state index in [1.165, 1.54) is 10.5 Å². The molecule has 1 aliphatic heterocycles. The number of benzene rings is 1. The first kappa shape index (κ1) is 15.6. The van der Waals surface area contributed by atoms with Crippen molar-refractivity contribution in [3.8, 4) is 0 Å². The van der Waals surface area contributed by atoms with Gasteiger partial charge in [-0.3, -0.25) is 19.3 Å². The zero-order valence-electron chi connectivity index (χ0n) is 11.9. The van der Waals surface area contributed by atoms with Crippen molar-refractivity contribution < 1.29 is 14.4 Å². The number of nitrogens with one attached hydrogen (secondary N) is 1. The summed E-state index contributed by atoms with van der Waals surface area (Å²) in [5.41, 5.74) is 2.32. The Balaban J connectivity index is 1.67. The van der Waals surface area contributed by atoms with Crippen molar-refractivity contribution in [1.29, 1.82) is 0 Å². The summed E-state index contributed by atoms with van der Waals surface area (Å²) in [6.45, 7) is 2.58. The normalized spacial score (nSPS) is 14.6. The Hall–Kier alpha value is -1.82. The van der Waals surface area contributed by atoms with Crippen LogP contribution in [0.25, 0.3) is 0 Å². The van der Waals surface area contributed by atoms with Gasteiger partial charge in [-0.2, -0.15) is 0 Å². The number of hydrogen-bond acceptors (Lipinski definition) is 4. The molecular weight excluding hydrogens is 288 g/mol. The summed E-state index contributed by atoms with van der Waals surface area (Å²) in [4.78, 5) is 35.6. The van der Waals surface area contributed by atoms with Crippen molar-refractivity contribution in [1.82, 2.24) is 10.2 Å². The molecule has 1 aromatic carbocycles. The molecule has 0 saturated carbocycles. The van der Waals surface area contributed by atoms with Gasteiger partial charge in [-0.15, -0.1) is 0 Å². The van der Waals surface area contributed by atoms with Gasteiger partial charge in [-0.25, -0.2) is 0 Å². The van der Waals surface area contributed by atoms with Crippen LogP contribution in [0.3, 0.4) is 0 Å². The molecular formula is C15H18N2O3S. The lowest BCUT2D eigenvalue weighted by atomic mass is 10.1. The average Bonchev–Trinajstić information content (AvgIpc) is 2.78. The highest BCUT2D eigenvalue weighted by Gasteiger charge is 2.29. The van der Waals surface area contributed by atoms with Crippen molar-refractivity contribution in [3.05, 3.63) is 35.4 Å². The maximum Gasteiger partial charge on any atom is 0.288 e. The van der Waals surface area contributed by atoms with Gasteiger partial charge >= 0.3 is 0 Å². The van der Waals surface area contributed by atoms with Crippen molar-refractivity contribution in [2.24, 2.45) is 0 Å². The smallest absolute Gasteiger partial charge is 0.288 e. The number of nitrogens with zero attached hydrogens (tertiary/aromatic N) is 1. The first-order valence-electron chi connectivity index (χ1n) is 6.85. The fraction of sp³-hybridized carbons (Fsp3) is 0.400. The summed E-state index contributed by atoms with van der Waals surface area (Å²) < 4.78 is 0. The van der Waals surface area contributed by atoms with Gasteiger partial charge in [-0.1, -0.05) is 41.6 Å². The molecule has 1 aromatic rings. The molecule has 1 fully saturated rings. The number of carbonyl (C=O) groups is 3. The fourth-order valence-corrected chi connectivity index (χ4v) is 2.76. The summed E-state index contributed by atoms with van der Waals surface area (Å²) in [6.07, 6.45) is 1.09. The van der Waals surface area contributed by atoms with Crippen LogP contribution in [0.4, 0.5) is 4.79 Å². The van der Waals surface area contributed by atoms with Crippen LogP contribution in [-0.4, -0.2) is 40.8 Å². The first-order chi connectivity index (χ1) is 10.1. The highest BCUT2D eigenvalue weighted by molar-refractivity contribution is 8.14. The van der Waals surface area contributed by atoms with Crippen molar-refractivity contribution in [2.45, 2.75) is 19.8 Å². The molecule has 0 atom stereocenters. The Bertz CT molecular complexity index is 526. The molecule has 0 aromatic heterocycles. The molecule has 1 N–H and O–H groups in total. The number of carbonyl (C=O) groups excluding carboxylic acids is 3. The Morgan fingerprint density at radius 2 is 2.00 bits per heavy atom. The number of hydrogen-bond donors (Lipinski definition) is 1. The van der Waals surface area contributed by atoms with Gasteiger partial charge in [0, 0.05) is 19.5 Å². The molecule has 1 heterocycles. The molecule has 1 saturated heterocycles. The fourth-order valence-electron chi connectivity index (χ4n) is 2.01. The van der Waals surface area contributed by atoms with E-state index < -0.39 is 0 Å². The molecule has 0 spiro atoms. The molecule has 0 unspecified atom stereocenters. The molecule has 1 aliphatic rings. The maximum absolute atomic E-state index is 11.7. The monoisotopic (exact) mass is 306 g/mol. The minimum absolute atomic E-state index is 0.0673. The summed E-state index contributed by atoms with van der Waals surface area (Å²) >= 11 is 1.01. The van der Waals surface area contributed by atoms with Crippen LogP contribution in [0.15, 0.2) is 24.3 Å². The average molecular weight is 306 g/mol. The third-order valence-electron chi connectivity index (χ3n) is 3.26. The quantitative estimate of drug-likeness (QED) is 0.869. The van der Waals surface area contributed by atoms with Crippen LogP contribution in [0, 0.1) is 6.92 Å². The topological polar surface area (TPSA) is 66.5 Å². The molecule has 6 heteroatoms. The largest absolute Gasteiger partial charge is 0.354 e.